The van der Waals surface area contributed by atoms with Crippen LogP contribution in [0.1, 0.15) is 20.3 Å². The Morgan fingerprint density at radius 3 is 0.667 bits per heavy atom. The molecule has 0 amide bonds. The van der Waals surface area contributed by atoms with Gasteiger partial charge in [0, 0.05) is 0 Å². The maximum atomic E-state index is 7.17. The molecule has 1 unspecified atom stereocenters. The number of hydrogen-bond acceptors (Lipinski definition) is 12. The van der Waals surface area contributed by atoms with E-state index in [0.717, 1.165) is 4.59 Å². The zero-order valence-corrected chi connectivity index (χ0v) is 12.0. The van der Waals surface area contributed by atoms with Crippen molar-refractivity contribution >= 4 is 47.0 Å². The van der Waals surface area contributed by atoms with Crippen LogP contribution >= 0.6 is 0 Å². The van der Waals surface area contributed by atoms with Crippen molar-refractivity contribution in [3.05, 3.63) is 0 Å². The van der Waals surface area contributed by atoms with E-state index >= 15 is 0 Å². The Morgan fingerprint density at radius 2 is 0.667 bits per heavy atom. The van der Waals surface area contributed by atoms with Crippen molar-refractivity contribution in [2.75, 3.05) is 0 Å². The quantitative estimate of drug-likeness (QED) is 0.202. The fourth-order valence-electron chi connectivity index (χ4n) is 0. The normalized spacial score (nSPS) is 8.76. The third kappa shape index (κ3) is 1220. The molecular formula is C4H21B4LiO12. The molecule has 0 aliphatic heterocycles. The van der Waals surface area contributed by atoms with Crippen molar-refractivity contribution in [2.24, 2.45) is 0 Å². The van der Waals surface area contributed by atoms with Crippen LogP contribution in [-0.4, -0.2) is 107 Å². The number of hydrogen-bond donors (Lipinski definition) is 12. The van der Waals surface area contributed by atoms with Gasteiger partial charge in [0.2, 0.25) is 0 Å². The van der Waals surface area contributed by atoms with Crippen LogP contribution in [0, 0.1) is 0 Å². The Labute approximate surface area is 132 Å². The van der Waals surface area contributed by atoms with Crippen molar-refractivity contribution in [1.29, 1.82) is 0 Å². The molecule has 0 aliphatic carbocycles. The average molecular weight is 311 g/mol. The van der Waals surface area contributed by atoms with Gasteiger partial charge in [-0.15, -0.1) is 0 Å². The minimum atomic E-state index is -2.17. The molecule has 1 atom stereocenters. The summed E-state index contributed by atoms with van der Waals surface area (Å²) in [5.41, 5.74) is 0. The molecule has 0 rings (SSSR count). The summed E-state index contributed by atoms with van der Waals surface area (Å²) in [5, 5.41) is 86.0. The predicted octanol–water partition coefficient (Wildman–Crippen LogP) is -6.83. The Kier molecular flexibility index (Phi) is 45.0. The molecule has 0 aromatic carbocycles. The summed E-state index contributed by atoms with van der Waals surface area (Å²) in [4.78, 5) is 0. The van der Waals surface area contributed by atoms with Gasteiger partial charge in [0.15, 0.2) is 0 Å². The Hall–Kier alpha value is 0.377. The van der Waals surface area contributed by atoms with Crippen molar-refractivity contribution in [1.82, 2.24) is 0 Å². The van der Waals surface area contributed by atoms with Gasteiger partial charge in [-0.05, 0) is 0 Å². The molecular weight excluding hydrogens is 290 g/mol. The molecule has 0 spiro atoms. The van der Waals surface area contributed by atoms with Gasteiger partial charge in [-0.1, -0.05) is 0 Å². The van der Waals surface area contributed by atoms with E-state index in [2.05, 4.69) is 31.6 Å². The van der Waals surface area contributed by atoms with Gasteiger partial charge in [0.05, 0.1) is 0 Å². The topological polar surface area (TPSA) is 243 Å². The van der Waals surface area contributed by atoms with E-state index in [9.17, 15) is 0 Å². The van der Waals surface area contributed by atoms with Crippen LogP contribution in [0.4, 0.5) is 0 Å². The van der Waals surface area contributed by atoms with Gasteiger partial charge in [-0.2, -0.15) is 0 Å². The molecule has 0 bridgehead atoms. The third-order valence-corrected chi connectivity index (χ3v) is 0.816. The van der Waals surface area contributed by atoms with Crippen LogP contribution in [-0.2, 0) is 0 Å². The van der Waals surface area contributed by atoms with Crippen LogP contribution in [0.25, 0.3) is 0 Å². The van der Waals surface area contributed by atoms with Crippen LogP contribution in [0.2, 0.25) is 4.59 Å². The van der Waals surface area contributed by atoms with Gasteiger partial charge in [0.25, 0.3) is 0 Å². The predicted molar refractivity (Wildman–Crippen MR) is 75.1 cm³/mol. The molecule has 12 N–H and O–H groups in total. The molecule has 21 heavy (non-hydrogen) atoms. The SMILES string of the molecule is OB(O)O.OB(O)O.OB(O)O.OB(O)O.[Li][CH](C)CC. The first-order chi connectivity index (χ1) is 9.20. The summed E-state index contributed by atoms with van der Waals surface area (Å²) >= 11 is 2.22. The second-order valence-electron chi connectivity index (χ2n) is 3.19. The summed E-state index contributed by atoms with van der Waals surface area (Å²) in [6.07, 6.45) is 1.31. The molecule has 122 valence electrons. The summed E-state index contributed by atoms with van der Waals surface area (Å²) in [6, 6.07) is 0. The second kappa shape index (κ2) is 28.5. The van der Waals surface area contributed by atoms with E-state index in [1.807, 2.05) is 0 Å². The number of rotatable bonds is 1. The Bertz CT molecular complexity index is 116. The fraction of sp³-hybridized carbons (Fsp3) is 1.00. The third-order valence-electron chi connectivity index (χ3n) is 0.816. The van der Waals surface area contributed by atoms with Gasteiger partial charge in [-0.25, -0.2) is 0 Å². The van der Waals surface area contributed by atoms with Gasteiger partial charge < -0.3 is 60.3 Å². The molecule has 0 saturated carbocycles. The van der Waals surface area contributed by atoms with E-state index in [1.54, 1.807) is 0 Å². The van der Waals surface area contributed by atoms with Gasteiger partial charge in [0.1, 0.15) is 0 Å². The zero-order valence-electron chi connectivity index (χ0n) is 12.0. The Balaban J connectivity index is -0.0000000510. The average Bonchev–Trinajstić information content (AvgIpc) is 2.13. The first-order valence-corrected chi connectivity index (χ1v) is 5.37. The molecule has 0 aliphatic rings. The van der Waals surface area contributed by atoms with Gasteiger partial charge >= 0.3 is 71.9 Å². The molecule has 0 aromatic rings. The molecule has 0 saturated heterocycles. The molecule has 0 fully saturated rings. The van der Waals surface area contributed by atoms with E-state index in [4.69, 9.17) is 60.3 Å². The fourth-order valence-corrected chi connectivity index (χ4v) is 0. The minimum absolute atomic E-state index is 0.884. The van der Waals surface area contributed by atoms with Crippen molar-refractivity contribution < 1.29 is 60.3 Å². The van der Waals surface area contributed by atoms with Crippen molar-refractivity contribution in [3.63, 3.8) is 0 Å². The van der Waals surface area contributed by atoms with Crippen molar-refractivity contribution in [3.8, 4) is 0 Å². The van der Waals surface area contributed by atoms with Crippen molar-refractivity contribution in [2.45, 2.75) is 24.9 Å². The first-order valence-electron chi connectivity index (χ1n) is 5.37. The van der Waals surface area contributed by atoms with E-state index in [1.165, 1.54) is 6.42 Å². The first kappa shape index (κ1) is 33.1. The summed E-state index contributed by atoms with van der Waals surface area (Å²) in [6.45, 7) is 4.42. The van der Waals surface area contributed by atoms with E-state index in [-0.39, 0.29) is 0 Å². The van der Waals surface area contributed by atoms with E-state index in [0.29, 0.717) is 0 Å². The maximum absolute atomic E-state index is 7.17. The second-order valence-corrected chi connectivity index (χ2v) is 3.19. The van der Waals surface area contributed by atoms with Crippen LogP contribution in [0.3, 0.4) is 0 Å². The standard InChI is InChI=1S/C4H9.4BH3O3.Li/c1-3-4-2;4*2-1(3)4;/h3H,4H2,1-2H3;4*2-4H;. The van der Waals surface area contributed by atoms with Gasteiger partial charge in [-0.3, -0.25) is 0 Å². The van der Waals surface area contributed by atoms with Crippen LogP contribution in [0.5, 0.6) is 0 Å². The summed E-state index contributed by atoms with van der Waals surface area (Å²) in [7, 11) is -8.67. The summed E-state index contributed by atoms with van der Waals surface area (Å²) in [5.74, 6) is 0. The molecule has 0 heterocycles. The molecule has 0 radical (unpaired) electrons. The summed E-state index contributed by atoms with van der Waals surface area (Å²) < 4.78 is 0.884. The van der Waals surface area contributed by atoms with E-state index < -0.39 is 29.3 Å². The van der Waals surface area contributed by atoms with Crippen LogP contribution < -0.4 is 0 Å². The Morgan fingerprint density at radius 1 is 0.619 bits per heavy atom. The molecule has 12 nitrogen and oxygen atoms in total. The monoisotopic (exact) mass is 312 g/mol. The molecule has 0 aromatic heterocycles. The van der Waals surface area contributed by atoms with Crippen LogP contribution in [0.15, 0.2) is 0 Å². The zero-order chi connectivity index (χ0) is 18.6. The molecule has 17 heteroatoms.